The molecule has 3 N–H and O–H groups in total. The summed E-state index contributed by atoms with van der Waals surface area (Å²) in [6.45, 7) is 3.97. The van der Waals surface area contributed by atoms with Gasteiger partial charge in [-0.05, 0) is 42.3 Å². The molecular weight excluding hydrogens is 306 g/mol. The van der Waals surface area contributed by atoms with E-state index in [0.717, 1.165) is 30.9 Å². The first kappa shape index (κ1) is 16.0. The summed E-state index contributed by atoms with van der Waals surface area (Å²) < 4.78 is 0. The number of aliphatic imine (C=N–C) groups is 1. The molecule has 0 aliphatic heterocycles. The van der Waals surface area contributed by atoms with Gasteiger partial charge in [-0.15, -0.1) is 11.3 Å². The van der Waals surface area contributed by atoms with Crippen molar-refractivity contribution in [3.63, 3.8) is 0 Å². The Morgan fingerprint density at radius 3 is 2.91 bits per heavy atom. The van der Waals surface area contributed by atoms with Crippen LogP contribution in [0.3, 0.4) is 0 Å². The Morgan fingerprint density at radius 1 is 1.26 bits per heavy atom. The van der Waals surface area contributed by atoms with E-state index >= 15 is 0 Å². The highest BCUT2D eigenvalue weighted by Crippen LogP contribution is 2.36. The highest BCUT2D eigenvalue weighted by atomic mass is 32.1. The molecule has 0 saturated carbocycles. The van der Waals surface area contributed by atoms with E-state index in [4.69, 9.17) is 0 Å². The van der Waals surface area contributed by atoms with Gasteiger partial charge < -0.3 is 15.7 Å². The van der Waals surface area contributed by atoms with Gasteiger partial charge in [0.15, 0.2) is 5.96 Å². The number of thiophene rings is 1. The van der Waals surface area contributed by atoms with Crippen LogP contribution in [0.4, 0.5) is 0 Å². The maximum atomic E-state index is 11.0. The van der Waals surface area contributed by atoms with Gasteiger partial charge in [0.2, 0.25) is 0 Å². The lowest BCUT2D eigenvalue weighted by molar-refractivity contribution is 0.0432. The number of aliphatic hydroxyl groups is 1. The lowest BCUT2D eigenvalue weighted by Crippen LogP contribution is -2.45. The van der Waals surface area contributed by atoms with Gasteiger partial charge in [0.05, 0.1) is 13.1 Å². The zero-order valence-electron chi connectivity index (χ0n) is 13.4. The van der Waals surface area contributed by atoms with Crippen LogP contribution in [0.5, 0.6) is 0 Å². The summed E-state index contributed by atoms with van der Waals surface area (Å²) in [7, 11) is 0. The van der Waals surface area contributed by atoms with Crippen LogP contribution in [0.25, 0.3) is 0 Å². The molecule has 4 nitrogen and oxygen atoms in total. The third kappa shape index (κ3) is 3.74. The molecule has 0 radical (unpaired) electrons. The number of aryl methyl sites for hydroxylation is 1. The molecule has 0 saturated heterocycles. The van der Waals surface area contributed by atoms with Crippen molar-refractivity contribution in [3.05, 3.63) is 57.8 Å². The summed E-state index contributed by atoms with van der Waals surface area (Å²) in [6.07, 6.45) is 1.68. The molecule has 1 heterocycles. The molecule has 3 rings (SSSR count). The van der Waals surface area contributed by atoms with Gasteiger partial charge in [0, 0.05) is 11.4 Å². The first-order valence-corrected chi connectivity index (χ1v) is 8.94. The van der Waals surface area contributed by atoms with Gasteiger partial charge in [-0.3, -0.25) is 0 Å². The minimum absolute atomic E-state index is 0.473. The Hall–Kier alpha value is -1.85. The van der Waals surface area contributed by atoms with Crippen LogP contribution in [-0.4, -0.2) is 24.2 Å². The van der Waals surface area contributed by atoms with E-state index in [0.29, 0.717) is 13.1 Å². The van der Waals surface area contributed by atoms with Crippen LogP contribution in [0.2, 0.25) is 0 Å². The normalized spacial score (nSPS) is 20.3. The molecule has 1 atom stereocenters. The Balaban J connectivity index is 1.66. The summed E-state index contributed by atoms with van der Waals surface area (Å²) in [4.78, 5) is 5.83. The molecule has 0 amide bonds. The van der Waals surface area contributed by atoms with Crippen LogP contribution in [0, 0.1) is 0 Å². The van der Waals surface area contributed by atoms with Crippen molar-refractivity contribution in [2.45, 2.75) is 31.9 Å². The summed E-state index contributed by atoms with van der Waals surface area (Å²) in [5.74, 6) is 0.749. The van der Waals surface area contributed by atoms with Crippen LogP contribution in [0.15, 0.2) is 46.8 Å². The van der Waals surface area contributed by atoms with Crippen LogP contribution >= 0.6 is 11.3 Å². The number of benzene rings is 1. The average Bonchev–Trinajstić information content (AvgIpc) is 3.20. The SMILES string of the molecule is CCNC(=NCc1cccs1)NCC1(O)CCc2ccccc21. The molecule has 5 heteroatoms. The van der Waals surface area contributed by atoms with E-state index < -0.39 is 5.60 Å². The summed E-state index contributed by atoms with van der Waals surface area (Å²) in [6, 6.07) is 12.3. The third-order valence-corrected chi connectivity index (χ3v) is 5.05. The minimum atomic E-state index is -0.810. The lowest BCUT2D eigenvalue weighted by atomic mass is 9.96. The topological polar surface area (TPSA) is 56.7 Å². The van der Waals surface area contributed by atoms with E-state index in [2.05, 4.69) is 33.1 Å². The molecule has 1 aliphatic carbocycles. The minimum Gasteiger partial charge on any atom is -0.383 e. The fourth-order valence-electron chi connectivity index (χ4n) is 2.98. The molecule has 23 heavy (non-hydrogen) atoms. The van der Waals surface area contributed by atoms with Gasteiger partial charge in [0.25, 0.3) is 0 Å². The van der Waals surface area contributed by atoms with Crippen molar-refractivity contribution < 1.29 is 5.11 Å². The third-order valence-electron chi connectivity index (χ3n) is 4.19. The second-order valence-electron chi connectivity index (χ2n) is 5.82. The van der Waals surface area contributed by atoms with Gasteiger partial charge >= 0.3 is 0 Å². The Morgan fingerprint density at radius 2 is 2.13 bits per heavy atom. The second kappa shape index (κ2) is 7.15. The molecule has 122 valence electrons. The van der Waals surface area contributed by atoms with Crippen molar-refractivity contribution >= 4 is 17.3 Å². The van der Waals surface area contributed by atoms with Gasteiger partial charge in [-0.2, -0.15) is 0 Å². The van der Waals surface area contributed by atoms with Crippen molar-refractivity contribution in [3.8, 4) is 0 Å². The Bertz CT molecular complexity index is 669. The van der Waals surface area contributed by atoms with Crippen LogP contribution < -0.4 is 10.6 Å². The molecule has 1 aromatic heterocycles. The summed E-state index contributed by atoms with van der Waals surface area (Å²) in [5, 5.41) is 19.6. The van der Waals surface area contributed by atoms with Crippen molar-refractivity contribution in [2.24, 2.45) is 4.99 Å². The number of guanidine groups is 1. The molecule has 1 aromatic carbocycles. The molecule has 0 bridgehead atoms. The smallest absolute Gasteiger partial charge is 0.191 e. The molecule has 2 aromatic rings. The van der Waals surface area contributed by atoms with Gasteiger partial charge in [-0.25, -0.2) is 4.99 Å². The zero-order valence-corrected chi connectivity index (χ0v) is 14.2. The molecule has 0 spiro atoms. The van der Waals surface area contributed by atoms with E-state index in [1.165, 1.54) is 10.4 Å². The van der Waals surface area contributed by atoms with E-state index in [1.807, 2.05) is 31.2 Å². The van der Waals surface area contributed by atoms with E-state index in [1.54, 1.807) is 11.3 Å². The summed E-state index contributed by atoms with van der Waals surface area (Å²) in [5.41, 5.74) is 1.48. The maximum Gasteiger partial charge on any atom is 0.191 e. The van der Waals surface area contributed by atoms with Crippen molar-refractivity contribution in [1.29, 1.82) is 0 Å². The van der Waals surface area contributed by atoms with Crippen LogP contribution in [0.1, 0.15) is 29.3 Å². The predicted molar refractivity (Wildman–Crippen MR) is 95.8 cm³/mol. The highest BCUT2D eigenvalue weighted by molar-refractivity contribution is 7.09. The standard InChI is InChI=1S/C18H23N3OS/c1-2-19-17(20-12-15-7-5-11-23-15)21-13-18(22)10-9-14-6-3-4-8-16(14)18/h3-8,11,22H,2,9-10,12-13H2,1H3,(H2,19,20,21). The first-order valence-electron chi connectivity index (χ1n) is 8.06. The number of nitrogens with zero attached hydrogens (tertiary/aromatic N) is 1. The number of nitrogens with one attached hydrogen (secondary N) is 2. The molecule has 1 unspecified atom stereocenters. The molecular formula is C18H23N3OS. The fourth-order valence-corrected chi connectivity index (χ4v) is 3.61. The second-order valence-corrected chi connectivity index (χ2v) is 6.85. The van der Waals surface area contributed by atoms with Gasteiger partial charge in [-0.1, -0.05) is 30.3 Å². The Kier molecular flexibility index (Phi) is 4.98. The monoisotopic (exact) mass is 329 g/mol. The quantitative estimate of drug-likeness (QED) is 0.584. The largest absolute Gasteiger partial charge is 0.383 e. The van der Waals surface area contributed by atoms with E-state index in [9.17, 15) is 5.11 Å². The predicted octanol–water partition coefficient (Wildman–Crippen LogP) is 2.64. The van der Waals surface area contributed by atoms with Crippen LogP contribution in [-0.2, 0) is 18.6 Å². The molecule has 1 aliphatic rings. The average molecular weight is 329 g/mol. The lowest BCUT2D eigenvalue weighted by Gasteiger charge is -2.25. The number of hydrogen-bond donors (Lipinski definition) is 3. The van der Waals surface area contributed by atoms with Crippen molar-refractivity contribution in [2.75, 3.05) is 13.1 Å². The van der Waals surface area contributed by atoms with Gasteiger partial charge in [0.1, 0.15) is 5.60 Å². The molecule has 0 fully saturated rings. The summed E-state index contributed by atoms with van der Waals surface area (Å²) >= 11 is 1.70. The number of rotatable bonds is 5. The fraction of sp³-hybridized carbons (Fsp3) is 0.389. The number of fused-ring (bicyclic) bond motifs is 1. The maximum absolute atomic E-state index is 11.0. The Labute approximate surface area is 141 Å². The van der Waals surface area contributed by atoms with Crippen molar-refractivity contribution in [1.82, 2.24) is 10.6 Å². The van der Waals surface area contributed by atoms with E-state index in [-0.39, 0.29) is 0 Å². The zero-order chi connectivity index (χ0) is 16.1. The number of hydrogen-bond acceptors (Lipinski definition) is 3. The highest BCUT2D eigenvalue weighted by Gasteiger charge is 2.36. The first-order chi connectivity index (χ1) is 11.2.